The molecular weight excluding hydrogens is 258 g/mol. The molecule has 2 aromatic rings. The van der Waals surface area contributed by atoms with Crippen LogP contribution in [-0.2, 0) is 6.61 Å². The molecule has 0 aliphatic carbocycles. The quantitative estimate of drug-likeness (QED) is 0.773. The highest BCUT2D eigenvalue weighted by molar-refractivity contribution is 7.13. The van der Waals surface area contributed by atoms with Crippen LogP contribution in [0.1, 0.15) is 47.1 Å². The lowest BCUT2D eigenvalue weighted by Crippen LogP contribution is -1.98. The lowest BCUT2D eigenvalue weighted by molar-refractivity contribution is 0.102. The Bertz CT molecular complexity index is 561. The van der Waals surface area contributed by atoms with Crippen LogP contribution in [0.5, 0.6) is 5.75 Å². The number of para-hydroxylation sites is 1. The van der Waals surface area contributed by atoms with E-state index in [-0.39, 0.29) is 11.7 Å². The van der Waals surface area contributed by atoms with Crippen molar-refractivity contribution in [3.8, 4) is 5.75 Å². The Morgan fingerprint density at radius 3 is 2.53 bits per heavy atom. The number of thiazole rings is 1. The first-order valence-corrected chi connectivity index (χ1v) is 7.08. The van der Waals surface area contributed by atoms with E-state index in [2.05, 4.69) is 4.98 Å². The molecule has 0 saturated carbocycles. The standard InChI is InChI=1S/C15H17NO2S/c1-10(2)14-15(11(3)17)19-13(16-14)9-18-12-7-5-4-6-8-12/h4-8,10H,9H2,1-3H3. The predicted molar refractivity (Wildman–Crippen MR) is 77.0 cm³/mol. The lowest BCUT2D eigenvalue weighted by atomic mass is 10.1. The van der Waals surface area contributed by atoms with E-state index in [1.165, 1.54) is 11.3 Å². The molecule has 0 fully saturated rings. The minimum atomic E-state index is 0.0761. The van der Waals surface area contributed by atoms with Gasteiger partial charge in [0, 0.05) is 6.92 Å². The van der Waals surface area contributed by atoms with E-state index in [4.69, 9.17) is 4.74 Å². The van der Waals surface area contributed by atoms with Crippen LogP contribution in [0.15, 0.2) is 30.3 Å². The van der Waals surface area contributed by atoms with E-state index < -0.39 is 0 Å². The molecule has 0 unspecified atom stereocenters. The number of hydrogen-bond acceptors (Lipinski definition) is 4. The summed E-state index contributed by atoms with van der Waals surface area (Å²) in [5.41, 5.74) is 0.879. The van der Waals surface area contributed by atoms with Gasteiger partial charge in [-0.2, -0.15) is 0 Å². The monoisotopic (exact) mass is 275 g/mol. The first-order chi connectivity index (χ1) is 9.08. The van der Waals surface area contributed by atoms with Crippen LogP contribution in [0.2, 0.25) is 0 Å². The number of carbonyl (C=O) groups is 1. The van der Waals surface area contributed by atoms with Gasteiger partial charge < -0.3 is 4.74 Å². The maximum atomic E-state index is 11.6. The molecule has 0 N–H and O–H groups in total. The van der Waals surface area contributed by atoms with Gasteiger partial charge in [-0.25, -0.2) is 4.98 Å². The third kappa shape index (κ3) is 3.41. The van der Waals surface area contributed by atoms with Gasteiger partial charge in [0.1, 0.15) is 17.4 Å². The fourth-order valence-corrected chi connectivity index (χ4v) is 2.77. The van der Waals surface area contributed by atoms with Crippen LogP contribution in [0, 0.1) is 0 Å². The van der Waals surface area contributed by atoms with Gasteiger partial charge in [0.05, 0.1) is 10.6 Å². The van der Waals surface area contributed by atoms with E-state index in [0.717, 1.165) is 21.3 Å². The predicted octanol–water partition coefficient (Wildman–Crippen LogP) is 4.05. The summed E-state index contributed by atoms with van der Waals surface area (Å²) in [7, 11) is 0. The highest BCUT2D eigenvalue weighted by Gasteiger charge is 2.17. The molecule has 0 radical (unpaired) electrons. The summed E-state index contributed by atoms with van der Waals surface area (Å²) in [6.45, 7) is 6.08. The Morgan fingerprint density at radius 2 is 2.00 bits per heavy atom. The summed E-state index contributed by atoms with van der Waals surface area (Å²) in [6.07, 6.45) is 0. The Morgan fingerprint density at radius 1 is 1.32 bits per heavy atom. The highest BCUT2D eigenvalue weighted by Crippen LogP contribution is 2.26. The van der Waals surface area contributed by atoms with Gasteiger partial charge in [0.15, 0.2) is 5.78 Å². The van der Waals surface area contributed by atoms with E-state index in [1.54, 1.807) is 6.92 Å². The van der Waals surface area contributed by atoms with Gasteiger partial charge in [-0.15, -0.1) is 11.3 Å². The van der Waals surface area contributed by atoms with Crippen LogP contribution in [0.25, 0.3) is 0 Å². The summed E-state index contributed by atoms with van der Waals surface area (Å²) < 4.78 is 5.66. The molecule has 0 spiro atoms. The molecule has 1 aromatic carbocycles. The fourth-order valence-electron chi connectivity index (χ4n) is 1.75. The molecule has 1 aromatic heterocycles. The molecule has 4 heteroatoms. The maximum absolute atomic E-state index is 11.6. The van der Waals surface area contributed by atoms with Crippen LogP contribution >= 0.6 is 11.3 Å². The Labute approximate surface area is 117 Å². The maximum Gasteiger partial charge on any atom is 0.171 e. The second-order valence-electron chi connectivity index (χ2n) is 4.63. The van der Waals surface area contributed by atoms with Crippen molar-refractivity contribution in [1.29, 1.82) is 0 Å². The van der Waals surface area contributed by atoms with Crippen molar-refractivity contribution < 1.29 is 9.53 Å². The number of nitrogens with zero attached hydrogens (tertiary/aromatic N) is 1. The highest BCUT2D eigenvalue weighted by atomic mass is 32.1. The molecule has 0 aliphatic rings. The Hall–Kier alpha value is -1.68. The SMILES string of the molecule is CC(=O)c1sc(COc2ccccc2)nc1C(C)C. The zero-order valence-electron chi connectivity index (χ0n) is 11.3. The van der Waals surface area contributed by atoms with Gasteiger partial charge >= 0.3 is 0 Å². The van der Waals surface area contributed by atoms with E-state index in [9.17, 15) is 4.79 Å². The van der Waals surface area contributed by atoms with Crippen LogP contribution in [0.3, 0.4) is 0 Å². The molecule has 3 nitrogen and oxygen atoms in total. The lowest BCUT2D eigenvalue weighted by Gasteiger charge is -2.03. The van der Waals surface area contributed by atoms with Crippen LogP contribution in [0.4, 0.5) is 0 Å². The van der Waals surface area contributed by atoms with Crippen molar-refractivity contribution in [3.63, 3.8) is 0 Å². The third-order valence-electron chi connectivity index (χ3n) is 2.67. The number of carbonyl (C=O) groups excluding carboxylic acids is 1. The second kappa shape index (κ2) is 5.97. The molecule has 1 heterocycles. The minimum Gasteiger partial charge on any atom is -0.486 e. The van der Waals surface area contributed by atoms with Gasteiger partial charge in [-0.05, 0) is 18.1 Å². The average molecular weight is 275 g/mol. The smallest absolute Gasteiger partial charge is 0.171 e. The van der Waals surface area contributed by atoms with E-state index in [0.29, 0.717) is 6.61 Å². The molecule has 0 bridgehead atoms. The number of ketones is 1. The van der Waals surface area contributed by atoms with E-state index in [1.807, 2.05) is 44.2 Å². The van der Waals surface area contributed by atoms with Crippen molar-refractivity contribution in [3.05, 3.63) is 45.9 Å². The summed E-state index contributed by atoms with van der Waals surface area (Å²) in [4.78, 5) is 16.9. The normalized spacial score (nSPS) is 10.7. The summed E-state index contributed by atoms with van der Waals surface area (Å²) in [5.74, 6) is 1.14. The van der Waals surface area contributed by atoms with Crippen molar-refractivity contribution in [2.24, 2.45) is 0 Å². The van der Waals surface area contributed by atoms with Crippen LogP contribution in [-0.4, -0.2) is 10.8 Å². The first kappa shape index (κ1) is 13.7. The van der Waals surface area contributed by atoms with Crippen LogP contribution < -0.4 is 4.74 Å². The number of aromatic nitrogens is 1. The van der Waals surface area contributed by atoms with E-state index >= 15 is 0 Å². The summed E-state index contributed by atoms with van der Waals surface area (Å²) in [6, 6.07) is 9.61. The molecule has 0 aliphatic heterocycles. The number of hydrogen-bond donors (Lipinski definition) is 0. The zero-order chi connectivity index (χ0) is 13.8. The number of Topliss-reactive ketones (excluding diaryl/α,β-unsaturated/α-hetero) is 1. The molecule has 0 atom stereocenters. The topological polar surface area (TPSA) is 39.2 Å². The largest absolute Gasteiger partial charge is 0.486 e. The molecular formula is C15H17NO2S. The molecule has 0 saturated heterocycles. The average Bonchev–Trinajstić information content (AvgIpc) is 2.82. The van der Waals surface area contributed by atoms with Gasteiger partial charge in [0.2, 0.25) is 0 Å². The molecule has 2 rings (SSSR count). The molecule has 100 valence electrons. The zero-order valence-corrected chi connectivity index (χ0v) is 12.2. The number of ether oxygens (including phenoxy) is 1. The van der Waals surface area contributed by atoms with Gasteiger partial charge in [0.25, 0.3) is 0 Å². The molecule has 19 heavy (non-hydrogen) atoms. The van der Waals surface area contributed by atoms with Crippen molar-refractivity contribution in [2.75, 3.05) is 0 Å². The van der Waals surface area contributed by atoms with Gasteiger partial charge in [-0.1, -0.05) is 32.0 Å². The summed E-state index contributed by atoms with van der Waals surface area (Å²) >= 11 is 1.43. The Balaban J connectivity index is 2.13. The van der Waals surface area contributed by atoms with Gasteiger partial charge in [-0.3, -0.25) is 4.79 Å². The second-order valence-corrected chi connectivity index (χ2v) is 5.72. The van der Waals surface area contributed by atoms with Crippen molar-refractivity contribution in [2.45, 2.75) is 33.3 Å². The Kier molecular flexibility index (Phi) is 4.32. The van der Waals surface area contributed by atoms with Crippen molar-refractivity contribution >= 4 is 17.1 Å². The minimum absolute atomic E-state index is 0.0761. The van der Waals surface area contributed by atoms with Crippen molar-refractivity contribution in [1.82, 2.24) is 4.98 Å². The molecule has 0 amide bonds. The number of benzene rings is 1. The first-order valence-electron chi connectivity index (χ1n) is 6.26. The summed E-state index contributed by atoms with van der Waals surface area (Å²) in [5, 5.41) is 0.845. The third-order valence-corrected chi connectivity index (χ3v) is 3.82. The number of rotatable bonds is 5. The fraction of sp³-hybridized carbons (Fsp3) is 0.333.